The summed E-state index contributed by atoms with van der Waals surface area (Å²) in [7, 11) is 0. The lowest BCUT2D eigenvalue weighted by molar-refractivity contribution is 0.0477. The first-order chi connectivity index (χ1) is 20.3. The number of rotatable bonds is 6. The van der Waals surface area contributed by atoms with Crippen LogP contribution >= 0.6 is 11.3 Å². The SMILES string of the molecule is CCC(C#Cc1cnc(N)c2c(-c3ccc(NC(=O)Nc4cc(C)ccc4F)cc3)csc12)(CC)NC(=O)OC(C)(C)C. The summed E-state index contributed by atoms with van der Waals surface area (Å²) in [6.45, 7) is 11.2. The standard InChI is InChI=1S/C33H36FN5O3S/c1-7-33(8-2,39-31(41)42-32(4,5)6)16-15-22-18-36-29(35)27-24(19-43-28(22)27)21-10-12-23(13-11-21)37-30(40)38-26-17-20(3)9-14-25(26)34/h9-14,17-19H,7-8H2,1-6H3,(H2,35,36)(H,39,41)(H2,37,38,40). The number of hydrogen-bond donors (Lipinski definition) is 4. The molecule has 224 valence electrons. The van der Waals surface area contributed by atoms with E-state index in [1.54, 1.807) is 30.5 Å². The third-order valence-corrected chi connectivity index (χ3v) is 7.85. The van der Waals surface area contributed by atoms with Crippen LogP contribution in [0.3, 0.4) is 0 Å². The summed E-state index contributed by atoms with van der Waals surface area (Å²) in [6.07, 6.45) is 2.32. The van der Waals surface area contributed by atoms with E-state index < -0.39 is 29.1 Å². The molecular formula is C33H36FN5O3S. The van der Waals surface area contributed by atoms with E-state index in [0.717, 1.165) is 26.8 Å². The predicted molar refractivity (Wildman–Crippen MR) is 173 cm³/mol. The van der Waals surface area contributed by atoms with Crippen molar-refractivity contribution in [1.82, 2.24) is 10.3 Å². The fraction of sp³-hybridized carbons (Fsp3) is 0.303. The van der Waals surface area contributed by atoms with Crippen LogP contribution in [0.5, 0.6) is 0 Å². The number of nitrogens with one attached hydrogen (secondary N) is 3. The first kappa shape index (κ1) is 31.3. The van der Waals surface area contributed by atoms with Gasteiger partial charge in [0, 0.05) is 22.8 Å². The Bertz CT molecular complexity index is 1710. The lowest BCUT2D eigenvalue weighted by Gasteiger charge is -2.29. The van der Waals surface area contributed by atoms with E-state index in [9.17, 15) is 14.0 Å². The van der Waals surface area contributed by atoms with Crippen LogP contribution in [0, 0.1) is 24.6 Å². The average Bonchev–Trinajstić information content (AvgIpc) is 3.40. The molecule has 0 saturated carbocycles. The van der Waals surface area contributed by atoms with E-state index in [0.29, 0.717) is 29.9 Å². The van der Waals surface area contributed by atoms with Crippen LogP contribution in [0.4, 0.5) is 31.2 Å². The highest BCUT2D eigenvalue weighted by Gasteiger charge is 2.29. The van der Waals surface area contributed by atoms with Crippen LogP contribution in [0.15, 0.2) is 54.0 Å². The number of nitrogen functional groups attached to an aromatic ring is 1. The Morgan fingerprint density at radius 1 is 1.07 bits per heavy atom. The van der Waals surface area contributed by atoms with E-state index in [4.69, 9.17) is 10.5 Å². The van der Waals surface area contributed by atoms with Gasteiger partial charge in [0.1, 0.15) is 22.8 Å². The number of carbonyl (C=O) groups excluding carboxylic acids is 2. The minimum absolute atomic E-state index is 0.108. The number of hydrogen-bond acceptors (Lipinski definition) is 6. The second-order valence-electron chi connectivity index (χ2n) is 11.2. The van der Waals surface area contributed by atoms with Crippen molar-refractivity contribution in [3.05, 3.63) is 71.0 Å². The largest absolute Gasteiger partial charge is 0.444 e. The van der Waals surface area contributed by atoms with Crippen molar-refractivity contribution in [3.8, 4) is 23.0 Å². The zero-order valence-electron chi connectivity index (χ0n) is 25.1. The molecule has 2 aromatic carbocycles. The summed E-state index contributed by atoms with van der Waals surface area (Å²) >= 11 is 1.51. The Balaban J connectivity index is 1.57. The Hall–Kier alpha value is -4.62. The lowest BCUT2D eigenvalue weighted by Crippen LogP contribution is -2.48. The number of urea groups is 1. The van der Waals surface area contributed by atoms with E-state index in [-0.39, 0.29) is 5.69 Å². The molecule has 0 aliphatic rings. The fourth-order valence-electron chi connectivity index (χ4n) is 4.44. The maximum atomic E-state index is 14.0. The zero-order valence-corrected chi connectivity index (χ0v) is 26.0. The number of alkyl carbamates (subject to hydrolysis) is 1. The highest BCUT2D eigenvalue weighted by Crippen LogP contribution is 2.38. The Morgan fingerprint density at radius 2 is 1.77 bits per heavy atom. The van der Waals surface area contributed by atoms with Gasteiger partial charge in [-0.25, -0.2) is 19.0 Å². The molecule has 3 amide bonds. The number of amides is 3. The Labute approximate surface area is 255 Å². The highest BCUT2D eigenvalue weighted by molar-refractivity contribution is 7.18. The molecule has 2 heterocycles. The van der Waals surface area contributed by atoms with Crippen LogP contribution in [0.1, 0.15) is 58.6 Å². The number of aryl methyl sites for hydroxylation is 1. The van der Waals surface area contributed by atoms with E-state index in [1.165, 1.54) is 17.4 Å². The van der Waals surface area contributed by atoms with Crippen molar-refractivity contribution in [3.63, 3.8) is 0 Å². The number of nitrogens with two attached hydrogens (primary N) is 1. The molecule has 8 nitrogen and oxygen atoms in total. The van der Waals surface area contributed by atoms with Crippen molar-refractivity contribution in [2.75, 3.05) is 16.4 Å². The molecule has 0 aliphatic carbocycles. The quantitative estimate of drug-likeness (QED) is 0.167. The molecular weight excluding hydrogens is 565 g/mol. The first-order valence-corrected chi connectivity index (χ1v) is 14.9. The van der Waals surface area contributed by atoms with Crippen molar-refractivity contribution in [2.45, 2.75) is 65.5 Å². The molecule has 0 atom stereocenters. The van der Waals surface area contributed by atoms with Crippen LogP contribution in [0.25, 0.3) is 21.2 Å². The van der Waals surface area contributed by atoms with Crippen molar-refractivity contribution in [1.29, 1.82) is 0 Å². The molecule has 0 aliphatic heterocycles. The molecule has 5 N–H and O–H groups in total. The molecule has 0 saturated heterocycles. The third kappa shape index (κ3) is 7.62. The monoisotopic (exact) mass is 601 g/mol. The fourth-order valence-corrected chi connectivity index (χ4v) is 5.50. The number of benzene rings is 2. The summed E-state index contributed by atoms with van der Waals surface area (Å²) in [4.78, 5) is 29.4. The van der Waals surface area contributed by atoms with Crippen molar-refractivity contribution < 1.29 is 18.7 Å². The highest BCUT2D eigenvalue weighted by atomic mass is 32.1. The third-order valence-electron chi connectivity index (χ3n) is 6.83. The average molecular weight is 602 g/mol. The van der Waals surface area contributed by atoms with Crippen LogP contribution < -0.4 is 21.7 Å². The van der Waals surface area contributed by atoms with Crippen LogP contribution in [0.2, 0.25) is 0 Å². The molecule has 4 aromatic rings. The number of nitrogens with zero attached hydrogens (tertiary/aromatic N) is 1. The van der Waals surface area contributed by atoms with Crippen LogP contribution in [-0.2, 0) is 4.74 Å². The predicted octanol–water partition coefficient (Wildman–Crippen LogP) is 8.07. The van der Waals surface area contributed by atoms with Gasteiger partial charge in [-0.1, -0.05) is 43.9 Å². The van der Waals surface area contributed by atoms with E-state index in [1.807, 2.05) is 59.1 Å². The number of ether oxygens (including phenoxy) is 1. The summed E-state index contributed by atoms with van der Waals surface area (Å²) < 4.78 is 20.4. The molecule has 4 rings (SSSR count). The molecule has 0 bridgehead atoms. The normalized spacial score (nSPS) is 11.4. The van der Waals surface area contributed by atoms with Gasteiger partial charge in [0.15, 0.2) is 0 Å². The van der Waals surface area contributed by atoms with Gasteiger partial charge in [0.25, 0.3) is 0 Å². The van der Waals surface area contributed by atoms with Gasteiger partial charge in [-0.15, -0.1) is 11.3 Å². The zero-order chi connectivity index (χ0) is 31.4. The second-order valence-corrected chi connectivity index (χ2v) is 12.1. The van der Waals surface area contributed by atoms with Gasteiger partial charge >= 0.3 is 12.1 Å². The molecule has 10 heteroatoms. The van der Waals surface area contributed by atoms with Gasteiger partial charge in [0.2, 0.25) is 0 Å². The van der Waals surface area contributed by atoms with Gasteiger partial charge in [0.05, 0.1) is 16.0 Å². The topological polar surface area (TPSA) is 118 Å². The number of aromatic nitrogens is 1. The molecule has 0 unspecified atom stereocenters. The number of carbonyl (C=O) groups is 2. The van der Waals surface area contributed by atoms with Gasteiger partial charge in [-0.05, 0) is 81.3 Å². The summed E-state index contributed by atoms with van der Waals surface area (Å²) in [5, 5.41) is 11.0. The number of halogens is 1. The van der Waals surface area contributed by atoms with Crippen LogP contribution in [-0.4, -0.2) is 28.2 Å². The minimum atomic E-state index is -0.767. The summed E-state index contributed by atoms with van der Waals surface area (Å²) in [5.74, 6) is 6.38. The van der Waals surface area contributed by atoms with Crippen molar-refractivity contribution >= 4 is 50.7 Å². The molecule has 0 fully saturated rings. The Morgan fingerprint density at radius 3 is 2.42 bits per heavy atom. The van der Waals surface area contributed by atoms with Gasteiger partial charge in [-0.2, -0.15) is 0 Å². The maximum Gasteiger partial charge on any atom is 0.408 e. The number of anilines is 3. The molecule has 0 spiro atoms. The molecule has 0 radical (unpaired) electrons. The lowest BCUT2D eigenvalue weighted by atomic mass is 9.93. The molecule has 2 aromatic heterocycles. The smallest absolute Gasteiger partial charge is 0.408 e. The summed E-state index contributed by atoms with van der Waals surface area (Å²) in [6, 6.07) is 11.2. The molecule has 43 heavy (non-hydrogen) atoms. The maximum absolute atomic E-state index is 14.0. The van der Waals surface area contributed by atoms with E-state index >= 15 is 0 Å². The minimum Gasteiger partial charge on any atom is -0.444 e. The second kappa shape index (κ2) is 12.7. The van der Waals surface area contributed by atoms with Gasteiger partial charge < -0.3 is 26.4 Å². The summed E-state index contributed by atoms with van der Waals surface area (Å²) in [5.41, 5.74) is 8.90. The number of fused-ring (bicyclic) bond motifs is 1. The van der Waals surface area contributed by atoms with Gasteiger partial charge in [-0.3, -0.25) is 0 Å². The van der Waals surface area contributed by atoms with Crippen molar-refractivity contribution in [2.24, 2.45) is 0 Å². The van der Waals surface area contributed by atoms with E-state index in [2.05, 4.69) is 32.8 Å². The number of thiophene rings is 1. The number of pyridine rings is 1. The Kier molecular flexibility index (Phi) is 9.26. The first-order valence-electron chi connectivity index (χ1n) is 14.0.